The fraction of sp³-hybridized carbons (Fsp3) is 0.500. The van der Waals surface area contributed by atoms with Gasteiger partial charge in [0.25, 0.3) is 5.56 Å². The minimum Gasteiger partial charge on any atom is -0.310 e. The molecule has 0 amide bonds. The zero-order valence-electron chi connectivity index (χ0n) is 13.6. The third-order valence-electron chi connectivity index (χ3n) is 1.98. The number of nitrogens with zero attached hydrogens (tertiary/aromatic N) is 1. The molecule has 0 spiro atoms. The number of aromatic nitrogens is 2. The van der Waals surface area contributed by atoms with Crippen LogP contribution in [0.1, 0.15) is 52.9 Å². The molecular weight excluding hydrogens is 236 g/mol. The van der Waals surface area contributed by atoms with Gasteiger partial charge in [0.1, 0.15) is 5.82 Å². The first-order chi connectivity index (χ1) is 9.16. The van der Waals surface area contributed by atoms with E-state index in [-0.39, 0.29) is 5.56 Å². The Kier molecular flexibility index (Phi) is 11.9. The number of aromatic amines is 1. The topological polar surface area (TPSA) is 45.8 Å². The Labute approximate surface area is 117 Å². The summed E-state index contributed by atoms with van der Waals surface area (Å²) in [4.78, 5) is 18.4. The van der Waals surface area contributed by atoms with Crippen molar-refractivity contribution in [3.8, 4) is 0 Å². The second-order valence-electron chi connectivity index (χ2n) is 3.17. The van der Waals surface area contributed by atoms with Crippen LogP contribution in [0.5, 0.6) is 0 Å². The van der Waals surface area contributed by atoms with E-state index >= 15 is 0 Å². The molecule has 1 aromatic carbocycles. The van der Waals surface area contributed by atoms with E-state index in [0.717, 1.165) is 11.1 Å². The molecule has 0 fully saturated rings. The molecule has 0 unspecified atom stereocenters. The smallest absolute Gasteiger partial charge is 0.258 e. The molecule has 1 aromatic heterocycles. The summed E-state index contributed by atoms with van der Waals surface area (Å²) in [5.74, 6) is 0.654. The lowest BCUT2D eigenvalue weighted by Crippen LogP contribution is -2.09. The SMILES string of the molecule is CC.CC.CC.Cc1ccc2nc(C)[nH]c(=O)c2c1. The maximum atomic E-state index is 11.5. The summed E-state index contributed by atoms with van der Waals surface area (Å²) in [5, 5.41) is 0.658. The van der Waals surface area contributed by atoms with Crippen molar-refractivity contribution in [3.05, 3.63) is 39.9 Å². The fourth-order valence-electron chi connectivity index (χ4n) is 1.37. The van der Waals surface area contributed by atoms with E-state index in [0.29, 0.717) is 11.2 Å². The van der Waals surface area contributed by atoms with Crippen LogP contribution >= 0.6 is 0 Å². The molecule has 0 radical (unpaired) electrons. The quantitative estimate of drug-likeness (QED) is 0.754. The first-order valence-electron chi connectivity index (χ1n) is 7.14. The summed E-state index contributed by atoms with van der Waals surface area (Å²) in [5.41, 5.74) is 1.77. The van der Waals surface area contributed by atoms with Crippen molar-refractivity contribution in [1.29, 1.82) is 0 Å². The van der Waals surface area contributed by atoms with E-state index in [1.54, 1.807) is 6.92 Å². The molecule has 108 valence electrons. The zero-order chi connectivity index (χ0) is 15.4. The highest BCUT2D eigenvalue weighted by atomic mass is 16.1. The maximum Gasteiger partial charge on any atom is 0.258 e. The largest absolute Gasteiger partial charge is 0.310 e. The van der Waals surface area contributed by atoms with Crippen molar-refractivity contribution in [3.63, 3.8) is 0 Å². The van der Waals surface area contributed by atoms with Gasteiger partial charge in [0.15, 0.2) is 0 Å². The molecule has 1 heterocycles. The summed E-state index contributed by atoms with van der Waals surface area (Å²) in [6.45, 7) is 15.7. The van der Waals surface area contributed by atoms with Crippen molar-refractivity contribution >= 4 is 10.9 Å². The van der Waals surface area contributed by atoms with Crippen LogP contribution < -0.4 is 5.56 Å². The van der Waals surface area contributed by atoms with Crippen LogP contribution in [0.25, 0.3) is 10.9 Å². The summed E-state index contributed by atoms with van der Waals surface area (Å²) in [7, 11) is 0. The van der Waals surface area contributed by atoms with Crippen LogP contribution in [-0.2, 0) is 0 Å². The molecule has 2 aromatic rings. The molecule has 0 aliphatic heterocycles. The predicted molar refractivity (Wildman–Crippen MR) is 85.9 cm³/mol. The lowest BCUT2D eigenvalue weighted by molar-refractivity contribution is 1.06. The summed E-state index contributed by atoms with van der Waals surface area (Å²) >= 11 is 0. The maximum absolute atomic E-state index is 11.5. The molecule has 3 heteroatoms. The number of hydrogen-bond acceptors (Lipinski definition) is 2. The van der Waals surface area contributed by atoms with Gasteiger partial charge < -0.3 is 4.98 Å². The molecule has 2 rings (SSSR count). The molecule has 0 aliphatic carbocycles. The summed E-state index contributed by atoms with van der Waals surface area (Å²) < 4.78 is 0. The molecule has 19 heavy (non-hydrogen) atoms. The van der Waals surface area contributed by atoms with E-state index in [1.165, 1.54) is 0 Å². The number of hydrogen-bond donors (Lipinski definition) is 1. The Morgan fingerprint density at radius 2 is 1.47 bits per heavy atom. The Morgan fingerprint density at radius 1 is 0.947 bits per heavy atom. The molecule has 1 N–H and O–H groups in total. The number of rotatable bonds is 0. The van der Waals surface area contributed by atoms with Crippen LogP contribution in [-0.4, -0.2) is 9.97 Å². The average Bonchev–Trinajstić information content (AvgIpc) is 2.46. The van der Waals surface area contributed by atoms with E-state index in [9.17, 15) is 4.79 Å². The number of aryl methyl sites for hydroxylation is 2. The van der Waals surface area contributed by atoms with E-state index in [4.69, 9.17) is 0 Å². The number of nitrogens with one attached hydrogen (secondary N) is 1. The second kappa shape index (κ2) is 11.5. The van der Waals surface area contributed by atoms with Gasteiger partial charge in [-0.3, -0.25) is 4.79 Å². The average molecular weight is 264 g/mol. The lowest BCUT2D eigenvalue weighted by Gasteiger charge is -1.98. The van der Waals surface area contributed by atoms with Crippen LogP contribution in [0.3, 0.4) is 0 Å². The van der Waals surface area contributed by atoms with Gasteiger partial charge in [-0.15, -0.1) is 0 Å². The first kappa shape index (κ1) is 19.7. The standard InChI is InChI=1S/C10H10N2O.3C2H6/c1-6-3-4-9-8(5-6)10(13)12-7(2)11-9;3*1-2/h3-5H,1-2H3,(H,11,12,13);3*1-2H3. The molecule has 3 nitrogen and oxygen atoms in total. The van der Waals surface area contributed by atoms with Gasteiger partial charge in [0.05, 0.1) is 10.9 Å². The van der Waals surface area contributed by atoms with Crippen molar-refractivity contribution in [2.24, 2.45) is 0 Å². The number of benzene rings is 1. The van der Waals surface area contributed by atoms with Crippen LogP contribution in [0.2, 0.25) is 0 Å². The van der Waals surface area contributed by atoms with Crippen molar-refractivity contribution < 1.29 is 0 Å². The van der Waals surface area contributed by atoms with Gasteiger partial charge in [0.2, 0.25) is 0 Å². The highest BCUT2D eigenvalue weighted by Crippen LogP contribution is 2.08. The Hall–Kier alpha value is -1.64. The normalized spacial score (nSPS) is 8.21. The summed E-state index contributed by atoms with van der Waals surface area (Å²) in [6.07, 6.45) is 0. The van der Waals surface area contributed by atoms with E-state index in [1.807, 2.05) is 66.7 Å². The lowest BCUT2D eigenvalue weighted by atomic mass is 10.2. The third kappa shape index (κ3) is 6.18. The van der Waals surface area contributed by atoms with E-state index in [2.05, 4.69) is 9.97 Å². The molecule has 0 saturated heterocycles. The minimum atomic E-state index is -0.0637. The van der Waals surface area contributed by atoms with Crippen LogP contribution in [0.4, 0.5) is 0 Å². The Bertz CT molecular complexity index is 516. The van der Waals surface area contributed by atoms with Crippen molar-refractivity contribution in [2.45, 2.75) is 55.4 Å². The van der Waals surface area contributed by atoms with Crippen LogP contribution in [0, 0.1) is 13.8 Å². The number of fused-ring (bicyclic) bond motifs is 1. The second-order valence-corrected chi connectivity index (χ2v) is 3.17. The zero-order valence-corrected chi connectivity index (χ0v) is 13.6. The molecule has 0 saturated carbocycles. The Morgan fingerprint density at radius 3 is 2.00 bits per heavy atom. The van der Waals surface area contributed by atoms with Crippen molar-refractivity contribution in [1.82, 2.24) is 9.97 Å². The third-order valence-corrected chi connectivity index (χ3v) is 1.98. The van der Waals surface area contributed by atoms with Gasteiger partial charge in [-0.1, -0.05) is 53.2 Å². The first-order valence-corrected chi connectivity index (χ1v) is 7.14. The molecular formula is C16H28N2O. The van der Waals surface area contributed by atoms with Gasteiger partial charge in [-0.25, -0.2) is 4.98 Å². The fourth-order valence-corrected chi connectivity index (χ4v) is 1.37. The van der Waals surface area contributed by atoms with Gasteiger partial charge in [-0.05, 0) is 26.0 Å². The number of H-pyrrole nitrogens is 1. The van der Waals surface area contributed by atoms with Gasteiger partial charge >= 0.3 is 0 Å². The predicted octanol–water partition coefficient (Wildman–Crippen LogP) is 4.62. The molecule has 0 aliphatic rings. The molecule has 0 bridgehead atoms. The highest BCUT2D eigenvalue weighted by Gasteiger charge is 2.00. The van der Waals surface area contributed by atoms with Crippen LogP contribution in [0.15, 0.2) is 23.0 Å². The van der Waals surface area contributed by atoms with Gasteiger partial charge in [0, 0.05) is 0 Å². The Balaban J connectivity index is 0. The van der Waals surface area contributed by atoms with Crippen molar-refractivity contribution in [2.75, 3.05) is 0 Å². The highest BCUT2D eigenvalue weighted by molar-refractivity contribution is 5.78. The van der Waals surface area contributed by atoms with Gasteiger partial charge in [-0.2, -0.15) is 0 Å². The summed E-state index contributed by atoms with van der Waals surface area (Å²) in [6, 6.07) is 5.67. The van der Waals surface area contributed by atoms with E-state index < -0.39 is 0 Å². The monoisotopic (exact) mass is 264 g/mol. The minimum absolute atomic E-state index is 0.0637. The molecule has 0 atom stereocenters.